The molecule has 134 valence electrons. The second kappa shape index (κ2) is 9.75. The summed E-state index contributed by atoms with van der Waals surface area (Å²) >= 11 is 3.21. The summed E-state index contributed by atoms with van der Waals surface area (Å²) < 4.78 is 14.3. The normalized spacial score (nSPS) is 9.69. The van der Waals surface area contributed by atoms with E-state index in [9.17, 15) is 14.3 Å². The lowest BCUT2D eigenvalue weighted by Gasteiger charge is -2.07. The maximum Gasteiger partial charge on any atom is 0.339 e. The van der Waals surface area contributed by atoms with E-state index in [0.717, 1.165) is 0 Å². The van der Waals surface area contributed by atoms with Gasteiger partial charge in [0.15, 0.2) is 0 Å². The number of halogens is 2. The summed E-state index contributed by atoms with van der Waals surface area (Å²) in [6.07, 6.45) is 1.59. The predicted molar refractivity (Wildman–Crippen MR) is 116 cm³/mol. The summed E-state index contributed by atoms with van der Waals surface area (Å²) in [6.45, 7) is 4.00. The number of nitrogens with zero attached hydrogens (tertiary/aromatic N) is 1. The fourth-order valence-corrected chi connectivity index (χ4v) is 3.66. The molecule has 26 heavy (non-hydrogen) atoms. The number of aromatic nitrogens is 1. The Morgan fingerprint density at radius 2 is 2.15 bits per heavy atom. The summed E-state index contributed by atoms with van der Waals surface area (Å²) in [6, 6.07) is 7.89. The molecule has 8 heteroatoms. The average molecular weight is 500 g/mol. The molecule has 3 rings (SSSR count). The van der Waals surface area contributed by atoms with Gasteiger partial charge in [-0.3, -0.25) is 0 Å². The van der Waals surface area contributed by atoms with Crippen LogP contribution in [-0.2, 0) is 0 Å². The van der Waals surface area contributed by atoms with Gasteiger partial charge in [0, 0.05) is 38.4 Å². The van der Waals surface area contributed by atoms with Crippen molar-refractivity contribution in [2.45, 2.75) is 13.8 Å². The minimum atomic E-state index is -1.08. The maximum absolute atomic E-state index is 14.3. The lowest BCUT2D eigenvalue weighted by molar-refractivity contribution is 0.0700. The Labute approximate surface area is 170 Å². The zero-order valence-electron chi connectivity index (χ0n) is 13.8. The summed E-state index contributed by atoms with van der Waals surface area (Å²) in [5.41, 5.74) is 0.836. The molecular weight excluding hydrogens is 486 g/mol. The largest absolute Gasteiger partial charge is 0.478 e. The van der Waals surface area contributed by atoms with Crippen LogP contribution in [0.3, 0.4) is 0 Å². The highest BCUT2D eigenvalue weighted by Crippen LogP contribution is 2.36. The van der Waals surface area contributed by atoms with Gasteiger partial charge in [-0.15, -0.1) is 0 Å². The lowest BCUT2D eigenvalue weighted by Crippen LogP contribution is -2.01. The van der Waals surface area contributed by atoms with Crippen LogP contribution in [0.4, 0.5) is 15.1 Å². The predicted octanol–water partition coefficient (Wildman–Crippen LogP) is 6.30. The van der Waals surface area contributed by atoms with Crippen molar-refractivity contribution in [3.8, 4) is 11.2 Å². The van der Waals surface area contributed by atoms with Crippen molar-refractivity contribution in [1.82, 2.24) is 4.98 Å². The molecule has 0 unspecified atom stereocenters. The number of fused-ring (bicyclic) bond motifs is 1. The van der Waals surface area contributed by atoms with E-state index in [0.29, 0.717) is 20.8 Å². The number of pyridine rings is 1. The van der Waals surface area contributed by atoms with E-state index in [1.165, 1.54) is 26.3 Å². The Bertz CT molecular complexity index is 996. The van der Waals surface area contributed by atoms with Gasteiger partial charge in [0.1, 0.15) is 21.2 Å². The van der Waals surface area contributed by atoms with Gasteiger partial charge in [0.25, 0.3) is 0 Å². The van der Waals surface area contributed by atoms with Crippen molar-refractivity contribution in [2.24, 2.45) is 0 Å². The number of hydrogen-bond donors (Lipinski definition) is 2. The SMILES string of the molecule is CC.O=C(O)c1c(Nc2ccc(C#CSI)cc2F)sc2ncccc12. The Kier molecular flexibility index (Phi) is 7.68. The smallest absolute Gasteiger partial charge is 0.339 e. The molecule has 0 amide bonds. The van der Waals surface area contributed by atoms with Gasteiger partial charge < -0.3 is 10.4 Å². The Morgan fingerprint density at radius 3 is 2.81 bits per heavy atom. The van der Waals surface area contributed by atoms with Crippen molar-refractivity contribution >= 4 is 68.3 Å². The fraction of sp³-hybridized carbons (Fsp3) is 0.111. The molecule has 2 N–H and O–H groups in total. The molecule has 0 saturated carbocycles. The van der Waals surface area contributed by atoms with Crippen molar-refractivity contribution in [3.05, 3.63) is 53.5 Å². The van der Waals surface area contributed by atoms with Crippen LogP contribution in [0.15, 0.2) is 36.5 Å². The minimum absolute atomic E-state index is 0.0904. The zero-order chi connectivity index (χ0) is 19.1. The molecule has 2 aromatic heterocycles. The zero-order valence-corrected chi connectivity index (χ0v) is 17.6. The molecule has 2 heterocycles. The molecule has 0 bridgehead atoms. The summed E-state index contributed by atoms with van der Waals surface area (Å²) in [5, 5.41) is 16.0. The number of carboxylic acids is 1. The van der Waals surface area contributed by atoms with Crippen molar-refractivity contribution in [3.63, 3.8) is 0 Å². The van der Waals surface area contributed by atoms with E-state index in [1.54, 1.807) is 30.5 Å². The molecule has 0 aliphatic rings. The van der Waals surface area contributed by atoms with E-state index in [1.807, 2.05) is 35.1 Å². The van der Waals surface area contributed by atoms with Crippen molar-refractivity contribution in [1.29, 1.82) is 0 Å². The summed E-state index contributed by atoms with van der Waals surface area (Å²) in [7, 11) is 1.32. The Hall–Kier alpha value is -1.83. The highest BCUT2D eigenvalue weighted by atomic mass is 127. The van der Waals surface area contributed by atoms with E-state index in [4.69, 9.17) is 0 Å². The Balaban J connectivity index is 0.00000117. The average Bonchev–Trinajstić information content (AvgIpc) is 3.01. The molecule has 0 aliphatic heterocycles. The number of nitrogens with one attached hydrogen (secondary N) is 1. The quantitative estimate of drug-likeness (QED) is 0.327. The number of thiophene rings is 1. The van der Waals surface area contributed by atoms with Crippen LogP contribution < -0.4 is 5.32 Å². The van der Waals surface area contributed by atoms with Gasteiger partial charge in [-0.05, 0) is 44.5 Å². The number of hydrogen-bond acceptors (Lipinski definition) is 5. The molecule has 0 saturated heterocycles. The van der Waals surface area contributed by atoms with E-state index >= 15 is 0 Å². The third kappa shape index (κ3) is 4.66. The number of benzene rings is 1. The van der Waals surface area contributed by atoms with Crippen LogP contribution in [0, 0.1) is 17.0 Å². The van der Waals surface area contributed by atoms with E-state index in [2.05, 4.69) is 21.5 Å². The standard InChI is InChI=1S/C16H8FIN2O2S2.C2H6/c17-11-8-9(5-7-23-18)3-4-12(11)20-15-13(16(21)22)10-2-1-6-19-14(10)24-15;1-2/h1-4,6,8,20H,(H,21,22);1-2H3. The first-order valence-corrected chi connectivity index (χ1v) is 11.7. The van der Waals surface area contributed by atoms with Crippen molar-refractivity contribution < 1.29 is 14.3 Å². The van der Waals surface area contributed by atoms with Gasteiger partial charge >= 0.3 is 5.97 Å². The van der Waals surface area contributed by atoms with Gasteiger partial charge in [-0.25, -0.2) is 14.2 Å². The summed E-state index contributed by atoms with van der Waals surface area (Å²) in [4.78, 5) is 16.3. The molecule has 4 nitrogen and oxygen atoms in total. The van der Waals surface area contributed by atoms with Crippen LogP contribution in [0.25, 0.3) is 10.2 Å². The first-order chi connectivity index (χ1) is 12.6. The second-order valence-corrected chi connectivity index (χ2v) is 7.27. The highest BCUT2D eigenvalue weighted by molar-refractivity contribution is 14.2. The molecule has 0 radical (unpaired) electrons. The first kappa shape index (κ1) is 20.5. The van der Waals surface area contributed by atoms with Gasteiger partial charge in [0.05, 0.1) is 5.69 Å². The van der Waals surface area contributed by atoms with Gasteiger partial charge in [0.2, 0.25) is 0 Å². The van der Waals surface area contributed by atoms with Gasteiger partial charge in [-0.2, -0.15) is 0 Å². The highest BCUT2D eigenvalue weighted by Gasteiger charge is 2.19. The third-order valence-corrected chi connectivity index (χ3v) is 5.00. The number of carboxylic acid groups (broad SMARTS) is 1. The van der Waals surface area contributed by atoms with E-state index in [-0.39, 0.29) is 11.3 Å². The molecule has 0 spiro atoms. The number of anilines is 2. The molecule has 0 fully saturated rings. The van der Waals surface area contributed by atoms with E-state index < -0.39 is 11.8 Å². The molecular formula is C18H14FIN2O2S2. The number of aromatic carboxylic acids is 1. The van der Waals surface area contributed by atoms with Crippen LogP contribution in [0.2, 0.25) is 0 Å². The van der Waals surface area contributed by atoms with Crippen LogP contribution in [0.5, 0.6) is 0 Å². The van der Waals surface area contributed by atoms with Crippen LogP contribution >= 0.6 is 41.5 Å². The number of rotatable bonds is 3. The number of carbonyl (C=O) groups is 1. The Morgan fingerprint density at radius 1 is 1.38 bits per heavy atom. The van der Waals surface area contributed by atoms with Crippen LogP contribution in [-0.4, -0.2) is 16.1 Å². The monoisotopic (exact) mass is 500 g/mol. The van der Waals surface area contributed by atoms with Gasteiger partial charge in [-0.1, -0.05) is 31.1 Å². The molecule has 0 aliphatic carbocycles. The topological polar surface area (TPSA) is 62.2 Å². The maximum atomic E-state index is 14.3. The minimum Gasteiger partial charge on any atom is -0.478 e. The molecule has 3 aromatic rings. The third-order valence-electron chi connectivity index (χ3n) is 3.13. The lowest BCUT2D eigenvalue weighted by atomic mass is 10.2. The molecule has 1 aromatic carbocycles. The first-order valence-electron chi connectivity index (χ1n) is 7.56. The summed E-state index contributed by atoms with van der Waals surface area (Å²) in [5.74, 6) is 1.23. The van der Waals surface area contributed by atoms with Crippen molar-refractivity contribution in [2.75, 3.05) is 5.32 Å². The second-order valence-electron chi connectivity index (χ2n) is 4.59. The fourth-order valence-electron chi connectivity index (χ4n) is 2.13. The molecule has 0 atom stereocenters. The van der Waals surface area contributed by atoms with Crippen LogP contribution in [0.1, 0.15) is 29.8 Å².